The second-order valence-electron chi connectivity index (χ2n) is 26.9. The summed E-state index contributed by atoms with van der Waals surface area (Å²) in [5, 5.41) is 10.6. The van der Waals surface area contributed by atoms with Crippen LogP contribution in [0.2, 0.25) is 0 Å². The lowest BCUT2D eigenvalue weighted by molar-refractivity contribution is -0.161. The Morgan fingerprint density at radius 3 is 0.798 bits per heavy atom. The first-order chi connectivity index (χ1) is 42.6. The molecule has 0 aromatic rings. The van der Waals surface area contributed by atoms with Crippen LogP contribution in [0.4, 0.5) is 0 Å². The zero-order chi connectivity index (χ0) is 66.1. The van der Waals surface area contributed by atoms with Crippen LogP contribution in [0.5, 0.6) is 0 Å². The average Bonchev–Trinajstić information content (AvgIpc) is 3.62. The van der Waals surface area contributed by atoms with E-state index in [2.05, 4.69) is 55.4 Å². The Bertz CT molecular complexity index is 1770. The van der Waals surface area contributed by atoms with Crippen molar-refractivity contribution in [2.45, 2.75) is 363 Å². The quantitative estimate of drug-likeness (QED) is 0.0222. The van der Waals surface area contributed by atoms with Gasteiger partial charge in [-0.25, -0.2) is 9.13 Å². The van der Waals surface area contributed by atoms with E-state index < -0.39 is 97.5 Å². The summed E-state index contributed by atoms with van der Waals surface area (Å²) in [5.41, 5.74) is 0. The van der Waals surface area contributed by atoms with E-state index in [9.17, 15) is 43.2 Å². The topological polar surface area (TPSA) is 237 Å². The van der Waals surface area contributed by atoms with Crippen LogP contribution in [0, 0.1) is 23.7 Å². The monoisotopic (exact) mass is 1310 g/mol. The average molecular weight is 1310 g/mol. The molecule has 0 aliphatic carbocycles. The number of rotatable bonds is 67. The van der Waals surface area contributed by atoms with E-state index in [1.165, 1.54) is 148 Å². The Kier molecular flexibility index (Phi) is 58.5. The van der Waals surface area contributed by atoms with Crippen LogP contribution in [-0.2, 0) is 65.4 Å². The second-order valence-corrected chi connectivity index (χ2v) is 29.8. The van der Waals surface area contributed by atoms with Gasteiger partial charge in [0.1, 0.15) is 19.3 Å². The number of phosphoric ester groups is 2. The first-order valence-electron chi connectivity index (χ1n) is 36.2. The number of hydrogen-bond donors (Lipinski definition) is 3. The number of unbranched alkanes of at least 4 members (excludes halogenated alkanes) is 32. The molecule has 0 fully saturated rings. The van der Waals surface area contributed by atoms with Gasteiger partial charge in [-0.2, -0.15) is 0 Å². The number of carbonyl (C=O) groups excluding carboxylic acids is 4. The highest BCUT2D eigenvalue weighted by Crippen LogP contribution is 2.45. The molecular formula is C70H136O17P2. The number of ether oxygens (including phenoxy) is 4. The van der Waals surface area contributed by atoms with Gasteiger partial charge in [-0.15, -0.1) is 0 Å². The maximum atomic E-state index is 13.0. The molecule has 0 aliphatic rings. The molecule has 0 rings (SSSR count). The van der Waals surface area contributed by atoms with Crippen LogP contribution >= 0.6 is 15.6 Å². The fourth-order valence-corrected chi connectivity index (χ4v) is 12.0. The van der Waals surface area contributed by atoms with Crippen molar-refractivity contribution in [3.8, 4) is 0 Å². The SMILES string of the molecule is CCC(C)CCCCCCCCCCC(=O)O[C@H](COC(=O)CCCCCCCCCCCC(C)C)COP(=O)(O)OCC(O)COP(=O)(O)OC[C@@H](COC(=O)CCCCCCCCCCC(C)C)OC(=O)CCCCCCCCCCCCCC(C)C. The molecule has 6 atom stereocenters. The zero-order valence-corrected chi connectivity index (χ0v) is 59.8. The second kappa shape index (κ2) is 59.8. The van der Waals surface area contributed by atoms with Crippen molar-refractivity contribution in [2.75, 3.05) is 39.6 Å². The van der Waals surface area contributed by atoms with E-state index in [1.54, 1.807) is 0 Å². The molecule has 0 bridgehead atoms. The Hall–Kier alpha value is -1.94. The molecule has 0 saturated heterocycles. The summed E-state index contributed by atoms with van der Waals surface area (Å²) in [4.78, 5) is 72.6. The van der Waals surface area contributed by atoms with Crippen molar-refractivity contribution in [2.24, 2.45) is 23.7 Å². The van der Waals surface area contributed by atoms with Crippen LogP contribution < -0.4 is 0 Å². The molecule has 0 saturated carbocycles. The molecule has 19 heteroatoms. The van der Waals surface area contributed by atoms with E-state index in [0.717, 1.165) is 114 Å². The van der Waals surface area contributed by atoms with Crippen molar-refractivity contribution in [3.05, 3.63) is 0 Å². The number of aliphatic hydroxyl groups excluding tert-OH is 1. The summed E-state index contributed by atoms with van der Waals surface area (Å²) in [7, 11) is -9.90. The summed E-state index contributed by atoms with van der Waals surface area (Å²) < 4.78 is 68.3. The minimum Gasteiger partial charge on any atom is -0.462 e. The normalized spacial score (nSPS) is 14.6. The summed E-state index contributed by atoms with van der Waals surface area (Å²) in [6.45, 7) is 14.1. The zero-order valence-electron chi connectivity index (χ0n) is 58.1. The van der Waals surface area contributed by atoms with E-state index in [1.807, 2.05) is 0 Å². The molecule has 0 aromatic heterocycles. The van der Waals surface area contributed by atoms with Crippen LogP contribution in [0.15, 0.2) is 0 Å². The van der Waals surface area contributed by atoms with Gasteiger partial charge < -0.3 is 33.8 Å². The fraction of sp³-hybridized carbons (Fsp3) is 0.943. The smallest absolute Gasteiger partial charge is 0.462 e. The van der Waals surface area contributed by atoms with Crippen LogP contribution in [0.25, 0.3) is 0 Å². The molecule has 17 nitrogen and oxygen atoms in total. The molecule has 89 heavy (non-hydrogen) atoms. The highest BCUT2D eigenvalue weighted by molar-refractivity contribution is 7.47. The van der Waals surface area contributed by atoms with Crippen LogP contribution in [0.3, 0.4) is 0 Å². The number of carbonyl (C=O) groups is 4. The van der Waals surface area contributed by atoms with Crippen molar-refractivity contribution >= 4 is 39.5 Å². The molecular weight excluding hydrogens is 1170 g/mol. The molecule has 0 spiro atoms. The first-order valence-corrected chi connectivity index (χ1v) is 39.2. The molecule has 3 N–H and O–H groups in total. The predicted molar refractivity (Wildman–Crippen MR) is 358 cm³/mol. The summed E-state index contributed by atoms with van der Waals surface area (Å²) in [6.07, 6.45) is 41.6. The van der Waals surface area contributed by atoms with Gasteiger partial charge in [0.05, 0.1) is 26.4 Å². The van der Waals surface area contributed by atoms with Gasteiger partial charge in [-0.3, -0.25) is 37.3 Å². The van der Waals surface area contributed by atoms with Gasteiger partial charge in [-0.1, -0.05) is 293 Å². The lowest BCUT2D eigenvalue weighted by Gasteiger charge is -2.21. The molecule has 4 unspecified atom stereocenters. The van der Waals surface area contributed by atoms with Crippen LogP contribution in [-0.4, -0.2) is 96.7 Å². The van der Waals surface area contributed by atoms with Crippen LogP contribution in [0.1, 0.15) is 344 Å². The molecule has 528 valence electrons. The summed E-state index contributed by atoms with van der Waals surface area (Å²) in [5.74, 6) is 0.874. The van der Waals surface area contributed by atoms with E-state index in [4.69, 9.17) is 37.0 Å². The predicted octanol–water partition coefficient (Wildman–Crippen LogP) is 19.7. The van der Waals surface area contributed by atoms with Gasteiger partial charge in [0.25, 0.3) is 0 Å². The lowest BCUT2D eigenvalue weighted by Crippen LogP contribution is -2.30. The fourth-order valence-electron chi connectivity index (χ4n) is 10.5. The van der Waals surface area contributed by atoms with Crippen molar-refractivity contribution in [1.82, 2.24) is 0 Å². The largest absolute Gasteiger partial charge is 0.472 e. The van der Waals surface area contributed by atoms with E-state index >= 15 is 0 Å². The van der Waals surface area contributed by atoms with Gasteiger partial charge in [0, 0.05) is 25.7 Å². The first kappa shape index (κ1) is 87.1. The third kappa shape index (κ3) is 63.2. The van der Waals surface area contributed by atoms with Gasteiger partial charge in [-0.05, 0) is 49.4 Å². The number of hydrogen-bond acceptors (Lipinski definition) is 15. The Morgan fingerprint density at radius 2 is 0.539 bits per heavy atom. The Labute approximate surface area is 543 Å². The highest BCUT2D eigenvalue weighted by atomic mass is 31.2. The van der Waals surface area contributed by atoms with Crippen molar-refractivity contribution < 1.29 is 80.2 Å². The summed E-state index contributed by atoms with van der Waals surface area (Å²) in [6, 6.07) is 0. The minimum atomic E-state index is -4.95. The number of esters is 4. The molecule has 0 amide bonds. The van der Waals surface area contributed by atoms with E-state index in [-0.39, 0.29) is 25.7 Å². The minimum absolute atomic E-state index is 0.104. The third-order valence-corrected chi connectivity index (χ3v) is 18.3. The van der Waals surface area contributed by atoms with Gasteiger partial charge in [0.2, 0.25) is 0 Å². The van der Waals surface area contributed by atoms with Gasteiger partial charge >= 0.3 is 39.5 Å². The molecule has 0 heterocycles. The molecule has 0 aromatic carbocycles. The van der Waals surface area contributed by atoms with Crippen molar-refractivity contribution in [1.29, 1.82) is 0 Å². The number of aliphatic hydroxyl groups is 1. The number of phosphoric acid groups is 2. The third-order valence-electron chi connectivity index (χ3n) is 16.4. The standard InChI is InChI=1S/C70H136O17P2/c1-9-63(8)49-41-33-25-19-21-29-37-45-53-70(75)87-66(56-80-67(72)50-42-34-26-17-13-15-23-31-39-47-61(4)5)59-85-89(78,79)83-55-64(71)54-82-88(76,77)84-58-65(57-81-68(73)51-43-35-27-20-18-24-32-40-48-62(6)7)86-69(74)52-44-36-28-16-12-10-11-14-22-30-38-46-60(2)3/h60-66,71H,9-59H2,1-8H3,(H,76,77)(H,78,79)/t63?,64?,65-,66-/m1/s1. The Balaban J connectivity index is 5.27. The van der Waals surface area contributed by atoms with Gasteiger partial charge in [0.15, 0.2) is 12.2 Å². The highest BCUT2D eigenvalue weighted by Gasteiger charge is 2.30. The maximum Gasteiger partial charge on any atom is 0.472 e. The van der Waals surface area contributed by atoms with Crippen molar-refractivity contribution in [3.63, 3.8) is 0 Å². The lowest BCUT2D eigenvalue weighted by atomic mass is 9.99. The summed E-state index contributed by atoms with van der Waals surface area (Å²) >= 11 is 0. The Morgan fingerprint density at radius 1 is 0.315 bits per heavy atom. The maximum absolute atomic E-state index is 13.0. The molecule has 0 radical (unpaired) electrons. The molecule has 0 aliphatic heterocycles. The van der Waals surface area contributed by atoms with E-state index in [0.29, 0.717) is 25.7 Å².